The molecule has 6 rings (SSSR count). The Morgan fingerprint density at radius 1 is 0.775 bits per heavy atom. The van der Waals surface area contributed by atoms with Gasteiger partial charge in [0.05, 0.1) is 28.3 Å². The van der Waals surface area contributed by atoms with Crippen molar-refractivity contribution in [3.63, 3.8) is 0 Å². The number of hydrogen-bond donors (Lipinski definition) is 2. The fourth-order valence-electron chi connectivity index (χ4n) is 6.21. The monoisotopic (exact) mass is 532 g/mol. The van der Waals surface area contributed by atoms with E-state index in [9.17, 15) is 0 Å². The first kappa shape index (κ1) is 26.3. The van der Waals surface area contributed by atoms with Crippen molar-refractivity contribution in [1.82, 2.24) is 29.5 Å². The van der Waals surface area contributed by atoms with Crippen LogP contribution < -0.4 is 0 Å². The van der Waals surface area contributed by atoms with Crippen molar-refractivity contribution in [3.05, 3.63) is 78.3 Å². The van der Waals surface area contributed by atoms with Gasteiger partial charge in [0.15, 0.2) is 0 Å². The lowest BCUT2D eigenvalue weighted by Gasteiger charge is -2.31. The predicted molar refractivity (Wildman–Crippen MR) is 166 cm³/mol. The zero-order valence-corrected chi connectivity index (χ0v) is 25.0. The number of aromatic nitrogens is 6. The summed E-state index contributed by atoms with van der Waals surface area (Å²) in [6.45, 7) is 16.0. The summed E-state index contributed by atoms with van der Waals surface area (Å²) in [6.07, 6.45) is 12.0. The molecule has 0 amide bonds. The minimum Gasteiger partial charge on any atom is -0.361 e. The number of rotatable bonds is 6. The summed E-state index contributed by atoms with van der Waals surface area (Å²) in [5.41, 5.74) is 8.91. The first-order valence-corrected chi connectivity index (χ1v) is 14.2. The van der Waals surface area contributed by atoms with E-state index >= 15 is 0 Å². The Hall–Kier alpha value is -3.93. The average molecular weight is 533 g/mol. The van der Waals surface area contributed by atoms with Crippen molar-refractivity contribution in [2.24, 2.45) is 7.05 Å². The molecule has 6 heteroatoms. The van der Waals surface area contributed by atoms with Gasteiger partial charge in [0.1, 0.15) is 0 Å². The van der Waals surface area contributed by atoms with E-state index in [1.54, 1.807) is 0 Å². The molecule has 0 spiro atoms. The van der Waals surface area contributed by atoms with Gasteiger partial charge in [0, 0.05) is 76.1 Å². The van der Waals surface area contributed by atoms with E-state index in [1.165, 1.54) is 27.2 Å². The van der Waals surface area contributed by atoms with Gasteiger partial charge in [-0.3, -0.25) is 9.97 Å². The van der Waals surface area contributed by atoms with Gasteiger partial charge in [0.25, 0.3) is 0 Å². The van der Waals surface area contributed by atoms with Gasteiger partial charge in [0.2, 0.25) is 0 Å². The molecule has 40 heavy (non-hydrogen) atoms. The van der Waals surface area contributed by atoms with Crippen molar-refractivity contribution in [3.8, 4) is 11.4 Å². The largest absolute Gasteiger partial charge is 0.361 e. The standard InChI is InChI=1S/C34H40N6/c1-32(2,3)30-21-9-15-36-26(21)18-27(39-30)29-17-22-28(40(29)8)11-16-37-31(22)34(6,7)13-12-33(4,5)24-20-38-25-10-14-35-19-23(24)25/h9-11,14-20,36,38H,12-13H2,1-8H3. The van der Waals surface area contributed by atoms with E-state index in [0.717, 1.165) is 46.7 Å². The van der Waals surface area contributed by atoms with Crippen molar-refractivity contribution in [2.75, 3.05) is 0 Å². The maximum absolute atomic E-state index is 5.22. The van der Waals surface area contributed by atoms with Gasteiger partial charge in [-0.1, -0.05) is 48.5 Å². The van der Waals surface area contributed by atoms with Crippen LogP contribution in [0.1, 0.15) is 78.3 Å². The van der Waals surface area contributed by atoms with Gasteiger partial charge in [-0.25, -0.2) is 4.98 Å². The maximum atomic E-state index is 5.22. The third kappa shape index (κ3) is 4.30. The third-order valence-corrected chi connectivity index (χ3v) is 8.72. The second kappa shape index (κ2) is 9.05. The predicted octanol–water partition coefficient (Wildman–Crippen LogP) is 8.33. The molecule has 0 aliphatic heterocycles. The Balaban J connectivity index is 1.38. The zero-order valence-electron chi connectivity index (χ0n) is 25.0. The van der Waals surface area contributed by atoms with Crippen LogP contribution in [0.2, 0.25) is 0 Å². The Kier molecular flexibility index (Phi) is 5.95. The van der Waals surface area contributed by atoms with Crippen molar-refractivity contribution < 1.29 is 0 Å². The van der Waals surface area contributed by atoms with Crippen molar-refractivity contribution in [2.45, 2.75) is 77.6 Å². The highest BCUT2D eigenvalue weighted by molar-refractivity contribution is 5.91. The SMILES string of the molecule is Cn1c(-c2cc3[nH]ccc3c(C(C)(C)C)n2)cc2c(C(C)(C)CCC(C)(C)c3c[nH]c4ccncc34)nccc21. The number of nitrogens with zero attached hydrogens (tertiary/aromatic N) is 4. The molecular weight excluding hydrogens is 492 g/mol. The summed E-state index contributed by atoms with van der Waals surface area (Å²) in [4.78, 5) is 21.4. The van der Waals surface area contributed by atoms with E-state index in [0.29, 0.717) is 0 Å². The lowest BCUT2D eigenvalue weighted by molar-refractivity contribution is 0.372. The number of aromatic amines is 2. The minimum atomic E-state index is -0.118. The molecular formula is C34H40N6. The first-order valence-electron chi connectivity index (χ1n) is 14.2. The minimum absolute atomic E-state index is 0.00692. The van der Waals surface area contributed by atoms with Crippen molar-refractivity contribution in [1.29, 1.82) is 0 Å². The normalized spacial score (nSPS) is 13.2. The van der Waals surface area contributed by atoms with Gasteiger partial charge >= 0.3 is 0 Å². The highest BCUT2D eigenvalue weighted by Gasteiger charge is 2.31. The molecule has 6 heterocycles. The molecule has 0 fully saturated rings. The molecule has 0 aliphatic carbocycles. The second-order valence-corrected chi connectivity index (χ2v) is 13.6. The van der Waals surface area contributed by atoms with Gasteiger partial charge in [-0.2, -0.15) is 0 Å². The molecule has 0 aromatic carbocycles. The molecule has 2 N–H and O–H groups in total. The summed E-state index contributed by atoms with van der Waals surface area (Å²) in [7, 11) is 2.14. The van der Waals surface area contributed by atoms with Crippen LogP contribution >= 0.6 is 0 Å². The number of pyridine rings is 3. The second-order valence-electron chi connectivity index (χ2n) is 13.6. The lowest BCUT2D eigenvalue weighted by atomic mass is 9.73. The molecule has 0 saturated carbocycles. The van der Waals surface area contributed by atoms with Crippen molar-refractivity contribution >= 4 is 32.7 Å². The molecule has 0 saturated heterocycles. The number of fused-ring (bicyclic) bond motifs is 3. The maximum Gasteiger partial charge on any atom is 0.0891 e. The molecule has 0 atom stereocenters. The summed E-state index contributed by atoms with van der Waals surface area (Å²) in [5, 5.41) is 3.59. The van der Waals surface area contributed by atoms with E-state index in [-0.39, 0.29) is 16.2 Å². The Bertz CT molecular complexity index is 1850. The number of aryl methyl sites for hydroxylation is 1. The van der Waals surface area contributed by atoms with E-state index < -0.39 is 0 Å². The van der Waals surface area contributed by atoms with Gasteiger partial charge < -0.3 is 14.5 Å². The highest BCUT2D eigenvalue weighted by atomic mass is 15.0. The van der Waals surface area contributed by atoms with Gasteiger partial charge in [-0.05, 0) is 54.2 Å². The smallest absolute Gasteiger partial charge is 0.0891 e. The summed E-state index contributed by atoms with van der Waals surface area (Å²) < 4.78 is 2.27. The molecule has 6 aromatic heterocycles. The van der Waals surface area contributed by atoms with Crippen LogP contribution in [-0.4, -0.2) is 29.5 Å². The van der Waals surface area contributed by atoms with E-state index in [1.807, 2.05) is 30.9 Å². The molecule has 206 valence electrons. The number of hydrogen-bond acceptors (Lipinski definition) is 3. The summed E-state index contributed by atoms with van der Waals surface area (Å²) in [5.74, 6) is 0. The fourth-order valence-corrected chi connectivity index (χ4v) is 6.21. The van der Waals surface area contributed by atoms with E-state index in [4.69, 9.17) is 9.97 Å². The van der Waals surface area contributed by atoms with Crippen LogP contribution in [0.25, 0.3) is 44.1 Å². The first-order chi connectivity index (χ1) is 18.9. The molecule has 0 aliphatic rings. The Morgan fingerprint density at radius 3 is 2.33 bits per heavy atom. The van der Waals surface area contributed by atoms with Crippen LogP contribution in [0, 0.1) is 0 Å². The quantitative estimate of drug-likeness (QED) is 0.226. The molecule has 0 unspecified atom stereocenters. The number of nitrogens with one attached hydrogen (secondary N) is 2. The Labute approximate surface area is 236 Å². The van der Waals surface area contributed by atoms with Crippen LogP contribution in [0.5, 0.6) is 0 Å². The zero-order chi connectivity index (χ0) is 28.4. The highest BCUT2D eigenvalue weighted by Crippen LogP contribution is 2.41. The Morgan fingerprint density at radius 2 is 1.55 bits per heavy atom. The molecule has 0 bridgehead atoms. The lowest BCUT2D eigenvalue weighted by Crippen LogP contribution is -2.25. The number of H-pyrrole nitrogens is 2. The summed E-state index contributed by atoms with van der Waals surface area (Å²) >= 11 is 0. The molecule has 6 nitrogen and oxygen atoms in total. The summed E-state index contributed by atoms with van der Waals surface area (Å²) in [6, 6.07) is 10.8. The van der Waals surface area contributed by atoms with Crippen LogP contribution in [0.3, 0.4) is 0 Å². The van der Waals surface area contributed by atoms with Crippen LogP contribution in [0.4, 0.5) is 0 Å². The topological polar surface area (TPSA) is 75.2 Å². The van der Waals surface area contributed by atoms with Gasteiger partial charge in [-0.15, -0.1) is 0 Å². The fraction of sp³-hybridized carbons (Fsp3) is 0.382. The molecule has 0 radical (unpaired) electrons. The van der Waals surface area contributed by atoms with Crippen LogP contribution in [0.15, 0.2) is 61.3 Å². The van der Waals surface area contributed by atoms with E-state index in [2.05, 4.69) is 105 Å². The third-order valence-electron chi connectivity index (χ3n) is 8.72. The average Bonchev–Trinajstić information content (AvgIpc) is 3.63. The molecule has 6 aromatic rings. The van der Waals surface area contributed by atoms with Crippen LogP contribution in [-0.2, 0) is 23.3 Å².